The maximum absolute atomic E-state index is 5.37. The zero-order valence-corrected chi connectivity index (χ0v) is 12.4. The first kappa shape index (κ1) is 13.9. The molecule has 0 aliphatic rings. The van der Waals surface area contributed by atoms with Gasteiger partial charge in [-0.15, -0.1) is 0 Å². The van der Waals surface area contributed by atoms with Gasteiger partial charge in [0, 0.05) is 23.6 Å². The molecule has 1 aromatic carbocycles. The van der Waals surface area contributed by atoms with E-state index in [0.717, 1.165) is 31.8 Å². The van der Waals surface area contributed by atoms with Crippen molar-refractivity contribution in [2.24, 2.45) is 0 Å². The third-order valence-corrected chi connectivity index (χ3v) is 3.87. The lowest BCUT2D eigenvalue weighted by atomic mass is 10.1. The number of fused-ring (bicyclic) bond motifs is 1. The van der Waals surface area contributed by atoms with E-state index in [1.54, 1.807) is 7.11 Å². The molecule has 2 rings (SSSR count). The fourth-order valence-electron chi connectivity index (χ4n) is 2.58. The van der Waals surface area contributed by atoms with Gasteiger partial charge in [-0.2, -0.15) is 0 Å². The Morgan fingerprint density at radius 2 is 1.95 bits per heavy atom. The number of nitrogens with zero attached hydrogens (tertiary/aromatic N) is 1. The van der Waals surface area contributed by atoms with Crippen LogP contribution in [-0.2, 0) is 6.42 Å². The quantitative estimate of drug-likeness (QED) is 0.862. The molecule has 1 N–H and O–H groups in total. The van der Waals surface area contributed by atoms with Gasteiger partial charge >= 0.3 is 0 Å². The van der Waals surface area contributed by atoms with Crippen LogP contribution in [0.15, 0.2) is 18.3 Å². The van der Waals surface area contributed by atoms with Gasteiger partial charge in [-0.25, -0.2) is 0 Å². The monoisotopic (exact) mass is 260 g/mol. The highest BCUT2D eigenvalue weighted by Crippen LogP contribution is 2.27. The number of benzene rings is 1. The lowest BCUT2D eigenvalue weighted by Crippen LogP contribution is -2.25. The van der Waals surface area contributed by atoms with Crippen molar-refractivity contribution in [2.75, 3.05) is 26.7 Å². The van der Waals surface area contributed by atoms with Crippen LogP contribution in [-0.4, -0.2) is 36.6 Å². The summed E-state index contributed by atoms with van der Waals surface area (Å²) in [6.45, 7) is 9.88. The van der Waals surface area contributed by atoms with Crippen LogP contribution in [0.4, 0.5) is 0 Å². The van der Waals surface area contributed by atoms with Crippen LogP contribution < -0.4 is 4.74 Å². The second-order valence-electron chi connectivity index (χ2n) is 4.96. The van der Waals surface area contributed by atoms with Gasteiger partial charge in [0.25, 0.3) is 0 Å². The van der Waals surface area contributed by atoms with E-state index in [1.807, 2.05) is 0 Å². The third kappa shape index (κ3) is 2.92. The molecule has 19 heavy (non-hydrogen) atoms. The van der Waals surface area contributed by atoms with Crippen LogP contribution in [0.3, 0.4) is 0 Å². The molecular weight excluding hydrogens is 236 g/mol. The number of aromatic nitrogens is 1. The van der Waals surface area contributed by atoms with Crippen LogP contribution >= 0.6 is 0 Å². The molecule has 0 saturated carbocycles. The Morgan fingerprint density at radius 3 is 2.58 bits per heavy atom. The predicted molar refractivity (Wildman–Crippen MR) is 81.1 cm³/mol. The molecule has 0 bridgehead atoms. The van der Waals surface area contributed by atoms with Crippen molar-refractivity contribution in [3.63, 3.8) is 0 Å². The van der Waals surface area contributed by atoms with Crippen molar-refractivity contribution in [2.45, 2.75) is 27.2 Å². The minimum Gasteiger partial charge on any atom is -0.497 e. The van der Waals surface area contributed by atoms with Gasteiger partial charge in [0.15, 0.2) is 0 Å². The van der Waals surface area contributed by atoms with Gasteiger partial charge in [-0.1, -0.05) is 13.8 Å². The second-order valence-corrected chi connectivity index (χ2v) is 4.96. The molecule has 0 aliphatic carbocycles. The largest absolute Gasteiger partial charge is 0.497 e. The fraction of sp³-hybridized carbons (Fsp3) is 0.500. The summed E-state index contributed by atoms with van der Waals surface area (Å²) in [6.07, 6.45) is 3.22. The van der Waals surface area contributed by atoms with Gasteiger partial charge in [-0.3, -0.25) is 0 Å². The lowest BCUT2D eigenvalue weighted by molar-refractivity contribution is 0.308. The fourth-order valence-corrected chi connectivity index (χ4v) is 2.58. The third-order valence-electron chi connectivity index (χ3n) is 3.87. The molecule has 0 unspecified atom stereocenters. The van der Waals surface area contributed by atoms with E-state index in [0.29, 0.717) is 0 Å². The molecule has 0 spiro atoms. The zero-order chi connectivity index (χ0) is 13.8. The van der Waals surface area contributed by atoms with Crippen molar-refractivity contribution < 1.29 is 4.74 Å². The summed E-state index contributed by atoms with van der Waals surface area (Å²) >= 11 is 0. The van der Waals surface area contributed by atoms with Gasteiger partial charge in [0.2, 0.25) is 0 Å². The number of hydrogen-bond donors (Lipinski definition) is 1. The van der Waals surface area contributed by atoms with Gasteiger partial charge in [0.1, 0.15) is 5.75 Å². The molecule has 0 radical (unpaired) electrons. The van der Waals surface area contributed by atoms with E-state index in [2.05, 4.69) is 49.0 Å². The Morgan fingerprint density at radius 1 is 1.21 bits per heavy atom. The molecular formula is C16H24N2O. The Labute approximate surface area is 115 Å². The van der Waals surface area contributed by atoms with Crippen molar-refractivity contribution in [3.05, 3.63) is 29.5 Å². The number of ether oxygens (including phenoxy) is 1. The summed E-state index contributed by atoms with van der Waals surface area (Å²) in [5, 5.41) is 1.30. The first-order valence-electron chi connectivity index (χ1n) is 7.06. The number of hydrogen-bond acceptors (Lipinski definition) is 2. The normalized spacial score (nSPS) is 11.4. The van der Waals surface area contributed by atoms with Crippen LogP contribution in [0.5, 0.6) is 5.75 Å². The standard InChI is InChI=1S/C16H24N2O/c1-5-18(6-2)8-7-13-11-17-16-12(3)9-14(19-4)10-15(13)16/h9-11,17H,5-8H2,1-4H3. The molecule has 0 amide bonds. The average molecular weight is 260 g/mol. The van der Waals surface area contributed by atoms with Crippen LogP contribution in [0.25, 0.3) is 10.9 Å². The highest BCUT2D eigenvalue weighted by atomic mass is 16.5. The Balaban J connectivity index is 2.26. The van der Waals surface area contributed by atoms with E-state index in [1.165, 1.54) is 22.0 Å². The van der Waals surface area contributed by atoms with Gasteiger partial charge in [-0.05, 0) is 49.7 Å². The van der Waals surface area contributed by atoms with E-state index in [-0.39, 0.29) is 0 Å². The molecule has 0 fully saturated rings. The molecule has 3 heteroatoms. The van der Waals surface area contributed by atoms with Crippen molar-refractivity contribution >= 4 is 10.9 Å². The summed E-state index contributed by atoms with van der Waals surface area (Å²) in [7, 11) is 1.73. The van der Waals surface area contributed by atoms with E-state index >= 15 is 0 Å². The second kappa shape index (κ2) is 6.11. The molecule has 1 heterocycles. The minimum atomic E-state index is 0.939. The first-order chi connectivity index (χ1) is 9.19. The maximum atomic E-state index is 5.37. The molecule has 0 aliphatic heterocycles. The number of nitrogens with one attached hydrogen (secondary N) is 1. The number of aryl methyl sites for hydroxylation is 1. The highest BCUT2D eigenvalue weighted by Gasteiger charge is 2.09. The van der Waals surface area contributed by atoms with Crippen molar-refractivity contribution in [1.29, 1.82) is 0 Å². The number of H-pyrrole nitrogens is 1. The van der Waals surface area contributed by atoms with Gasteiger partial charge < -0.3 is 14.6 Å². The molecule has 2 aromatic rings. The number of likely N-dealkylation sites (N-methyl/N-ethyl adjacent to an activating group) is 1. The van der Waals surface area contributed by atoms with E-state index < -0.39 is 0 Å². The topological polar surface area (TPSA) is 28.3 Å². The maximum Gasteiger partial charge on any atom is 0.119 e. The summed E-state index contributed by atoms with van der Waals surface area (Å²) in [5.41, 5.74) is 3.85. The smallest absolute Gasteiger partial charge is 0.119 e. The Bertz CT molecular complexity index is 541. The minimum absolute atomic E-state index is 0.939. The van der Waals surface area contributed by atoms with E-state index in [4.69, 9.17) is 4.74 Å². The van der Waals surface area contributed by atoms with E-state index in [9.17, 15) is 0 Å². The van der Waals surface area contributed by atoms with Crippen LogP contribution in [0.1, 0.15) is 25.0 Å². The van der Waals surface area contributed by atoms with Crippen molar-refractivity contribution in [1.82, 2.24) is 9.88 Å². The number of rotatable bonds is 6. The summed E-state index contributed by atoms with van der Waals surface area (Å²) in [5.74, 6) is 0.939. The number of methoxy groups -OCH3 is 1. The number of aromatic amines is 1. The van der Waals surface area contributed by atoms with Crippen molar-refractivity contribution in [3.8, 4) is 5.75 Å². The van der Waals surface area contributed by atoms with Crippen LogP contribution in [0, 0.1) is 6.92 Å². The molecule has 0 atom stereocenters. The molecule has 1 aromatic heterocycles. The zero-order valence-electron chi connectivity index (χ0n) is 12.4. The average Bonchev–Trinajstić information content (AvgIpc) is 2.83. The molecule has 0 saturated heterocycles. The SMILES string of the molecule is CCN(CC)CCc1c[nH]c2c(C)cc(OC)cc12. The lowest BCUT2D eigenvalue weighted by Gasteiger charge is -2.17. The highest BCUT2D eigenvalue weighted by molar-refractivity contribution is 5.87. The summed E-state index contributed by atoms with van der Waals surface area (Å²) in [4.78, 5) is 5.84. The molecule has 104 valence electrons. The first-order valence-corrected chi connectivity index (χ1v) is 7.06. The van der Waals surface area contributed by atoms with Gasteiger partial charge in [0.05, 0.1) is 7.11 Å². The predicted octanol–water partition coefficient (Wildman–Crippen LogP) is 3.37. The summed E-state index contributed by atoms with van der Waals surface area (Å²) in [6, 6.07) is 4.21. The summed E-state index contributed by atoms with van der Waals surface area (Å²) < 4.78 is 5.37. The Hall–Kier alpha value is -1.48. The molecule has 3 nitrogen and oxygen atoms in total. The van der Waals surface area contributed by atoms with Crippen LogP contribution in [0.2, 0.25) is 0 Å². The Kier molecular flexibility index (Phi) is 4.48.